The van der Waals surface area contributed by atoms with Crippen molar-refractivity contribution >= 4 is 11.9 Å². The van der Waals surface area contributed by atoms with Gasteiger partial charge in [0.05, 0.1) is 6.54 Å². The van der Waals surface area contributed by atoms with Gasteiger partial charge in [-0.2, -0.15) is 0 Å². The molecule has 1 rings (SSSR count). The van der Waals surface area contributed by atoms with Gasteiger partial charge in [0.15, 0.2) is 5.96 Å². The summed E-state index contributed by atoms with van der Waals surface area (Å²) in [5.41, 5.74) is 7.32. The van der Waals surface area contributed by atoms with Crippen LogP contribution in [0.5, 0.6) is 0 Å². The molecule has 0 spiro atoms. The number of nitrogens with two attached hydrogens (primary N) is 1. The van der Waals surface area contributed by atoms with Crippen molar-refractivity contribution in [1.82, 2.24) is 10.2 Å². The van der Waals surface area contributed by atoms with Crippen molar-refractivity contribution in [1.29, 1.82) is 0 Å². The number of carbonyl (C=O) groups excluding carboxylic acids is 1. The second kappa shape index (κ2) is 7.82. The van der Waals surface area contributed by atoms with Gasteiger partial charge in [-0.3, -0.25) is 4.79 Å². The van der Waals surface area contributed by atoms with E-state index >= 15 is 0 Å². The highest BCUT2D eigenvalue weighted by molar-refractivity contribution is 5.94. The first-order valence-corrected chi connectivity index (χ1v) is 7.73. The van der Waals surface area contributed by atoms with Crippen LogP contribution in [0.25, 0.3) is 0 Å². The number of hydrogen-bond acceptors (Lipinski definition) is 2. The zero-order chi connectivity index (χ0) is 16.8. The fourth-order valence-corrected chi connectivity index (χ4v) is 2.04. The molecule has 22 heavy (non-hydrogen) atoms. The molecular weight excluding hydrogens is 276 g/mol. The first kappa shape index (κ1) is 18.0. The van der Waals surface area contributed by atoms with Gasteiger partial charge in [0.1, 0.15) is 0 Å². The van der Waals surface area contributed by atoms with Crippen molar-refractivity contribution in [3.63, 3.8) is 0 Å². The summed E-state index contributed by atoms with van der Waals surface area (Å²) in [7, 11) is 0. The van der Waals surface area contributed by atoms with Crippen LogP contribution in [0.15, 0.2) is 29.3 Å². The Morgan fingerprint density at radius 2 is 1.91 bits per heavy atom. The Balaban J connectivity index is 2.80. The van der Waals surface area contributed by atoms with Crippen LogP contribution in [0.4, 0.5) is 0 Å². The first-order chi connectivity index (χ1) is 10.3. The average molecular weight is 304 g/mol. The minimum Gasteiger partial charge on any atom is -0.370 e. The molecule has 0 aromatic heterocycles. The van der Waals surface area contributed by atoms with E-state index in [2.05, 4.69) is 10.3 Å². The monoisotopic (exact) mass is 304 g/mol. The van der Waals surface area contributed by atoms with E-state index in [0.29, 0.717) is 18.1 Å². The fraction of sp³-hybridized carbons (Fsp3) is 0.529. The smallest absolute Gasteiger partial charge is 0.251 e. The van der Waals surface area contributed by atoms with E-state index in [1.807, 2.05) is 63.8 Å². The van der Waals surface area contributed by atoms with Crippen LogP contribution in [-0.2, 0) is 6.54 Å². The maximum Gasteiger partial charge on any atom is 0.251 e. The van der Waals surface area contributed by atoms with Crippen LogP contribution in [0.1, 0.15) is 50.5 Å². The zero-order valence-corrected chi connectivity index (χ0v) is 14.3. The van der Waals surface area contributed by atoms with Gasteiger partial charge in [-0.25, -0.2) is 4.99 Å². The summed E-state index contributed by atoms with van der Waals surface area (Å²) >= 11 is 0. The molecule has 0 aliphatic heterocycles. The molecule has 0 unspecified atom stereocenters. The number of carbonyl (C=O) groups is 1. The summed E-state index contributed by atoms with van der Waals surface area (Å²) in [5.74, 6) is 0.463. The number of rotatable bonds is 5. The molecule has 0 aliphatic rings. The summed E-state index contributed by atoms with van der Waals surface area (Å²) in [5, 5.41) is 2.96. The van der Waals surface area contributed by atoms with Crippen molar-refractivity contribution < 1.29 is 4.79 Å². The van der Waals surface area contributed by atoms with Gasteiger partial charge in [0.2, 0.25) is 0 Å². The second-order valence-electron chi connectivity index (χ2n) is 6.25. The third-order valence-electron chi connectivity index (χ3n) is 3.19. The molecule has 0 bridgehead atoms. The van der Waals surface area contributed by atoms with Crippen LogP contribution in [0.2, 0.25) is 0 Å². The molecule has 0 saturated carbocycles. The number of benzene rings is 1. The van der Waals surface area contributed by atoms with Crippen molar-refractivity contribution in [2.75, 3.05) is 13.1 Å². The Hall–Kier alpha value is -2.04. The lowest BCUT2D eigenvalue weighted by Crippen LogP contribution is -2.40. The summed E-state index contributed by atoms with van der Waals surface area (Å²) in [6.07, 6.45) is 0. The molecule has 0 heterocycles. The second-order valence-corrected chi connectivity index (χ2v) is 6.25. The van der Waals surface area contributed by atoms with E-state index in [0.717, 1.165) is 18.7 Å². The lowest BCUT2D eigenvalue weighted by atomic mass is 10.1. The third kappa shape index (κ3) is 5.76. The predicted octanol–water partition coefficient (Wildman–Crippen LogP) is 2.37. The van der Waals surface area contributed by atoms with Crippen molar-refractivity contribution in [3.05, 3.63) is 35.4 Å². The Labute approximate surface area is 133 Å². The molecule has 0 saturated heterocycles. The number of nitrogens with zero attached hydrogens (tertiary/aromatic N) is 2. The molecule has 3 N–H and O–H groups in total. The first-order valence-electron chi connectivity index (χ1n) is 7.73. The number of hydrogen-bond donors (Lipinski definition) is 2. The number of nitrogens with one attached hydrogen (secondary N) is 1. The van der Waals surface area contributed by atoms with E-state index in [1.165, 1.54) is 0 Å². The molecule has 5 heteroatoms. The van der Waals surface area contributed by atoms with Crippen molar-refractivity contribution in [2.45, 2.75) is 46.7 Å². The Morgan fingerprint density at radius 1 is 1.27 bits per heavy atom. The van der Waals surface area contributed by atoms with Gasteiger partial charge in [-0.1, -0.05) is 12.1 Å². The zero-order valence-electron chi connectivity index (χ0n) is 14.3. The minimum absolute atomic E-state index is 0.0740. The fourth-order valence-electron chi connectivity index (χ4n) is 2.04. The molecule has 0 fully saturated rings. The van der Waals surface area contributed by atoms with Crippen LogP contribution in [0, 0.1) is 0 Å². The number of amides is 1. The van der Waals surface area contributed by atoms with Crippen LogP contribution in [0.3, 0.4) is 0 Å². The molecule has 122 valence electrons. The largest absolute Gasteiger partial charge is 0.370 e. The summed E-state index contributed by atoms with van der Waals surface area (Å²) in [6.45, 7) is 12.1. The Bertz CT molecular complexity index is 528. The highest BCUT2D eigenvalue weighted by atomic mass is 16.1. The third-order valence-corrected chi connectivity index (χ3v) is 3.19. The predicted molar refractivity (Wildman–Crippen MR) is 91.9 cm³/mol. The van der Waals surface area contributed by atoms with Gasteiger partial charge >= 0.3 is 0 Å². The molecule has 0 aliphatic carbocycles. The summed E-state index contributed by atoms with van der Waals surface area (Å²) in [6, 6.07) is 7.49. The highest BCUT2D eigenvalue weighted by Gasteiger charge is 2.15. The van der Waals surface area contributed by atoms with Gasteiger partial charge < -0.3 is 16.0 Å². The van der Waals surface area contributed by atoms with Crippen LogP contribution in [-0.4, -0.2) is 35.4 Å². The van der Waals surface area contributed by atoms with E-state index in [-0.39, 0.29) is 11.4 Å². The normalized spacial score (nSPS) is 12.1. The van der Waals surface area contributed by atoms with Gasteiger partial charge in [-0.05, 0) is 52.3 Å². The molecule has 0 radical (unpaired) electrons. The summed E-state index contributed by atoms with van der Waals surface area (Å²) < 4.78 is 0. The Kier molecular flexibility index (Phi) is 6.40. The van der Waals surface area contributed by atoms with E-state index in [4.69, 9.17) is 5.73 Å². The van der Waals surface area contributed by atoms with E-state index in [1.54, 1.807) is 0 Å². The topological polar surface area (TPSA) is 70.7 Å². The van der Waals surface area contributed by atoms with Crippen LogP contribution >= 0.6 is 0 Å². The highest BCUT2D eigenvalue weighted by Crippen LogP contribution is 2.09. The number of guanidine groups is 1. The minimum atomic E-state index is -0.252. The quantitative estimate of drug-likeness (QED) is 0.648. The lowest BCUT2D eigenvalue weighted by molar-refractivity contribution is 0.0919. The van der Waals surface area contributed by atoms with Gasteiger partial charge in [-0.15, -0.1) is 0 Å². The van der Waals surface area contributed by atoms with Gasteiger partial charge in [0, 0.05) is 24.2 Å². The number of aliphatic imine (C=N–C) groups is 1. The maximum absolute atomic E-state index is 12.2. The van der Waals surface area contributed by atoms with Crippen molar-refractivity contribution in [2.24, 2.45) is 10.7 Å². The maximum atomic E-state index is 12.2. The van der Waals surface area contributed by atoms with E-state index in [9.17, 15) is 4.79 Å². The molecule has 1 aromatic rings. The van der Waals surface area contributed by atoms with Gasteiger partial charge in [0.25, 0.3) is 5.91 Å². The Morgan fingerprint density at radius 3 is 2.45 bits per heavy atom. The lowest BCUT2D eigenvalue weighted by Gasteiger charge is -2.20. The molecule has 0 atom stereocenters. The standard InChI is InChI=1S/C17H28N4O/c1-6-21(7-2)16(18)19-12-13-9-8-10-14(11-13)15(22)20-17(3,4)5/h8-11H,6-7,12H2,1-5H3,(H2,18,19)(H,20,22). The van der Waals surface area contributed by atoms with Crippen LogP contribution < -0.4 is 11.1 Å². The summed E-state index contributed by atoms with van der Waals surface area (Å²) in [4.78, 5) is 18.6. The van der Waals surface area contributed by atoms with Crippen molar-refractivity contribution in [3.8, 4) is 0 Å². The molecule has 1 amide bonds. The molecule has 5 nitrogen and oxygen atoms in total. The van der Waals surface area contributed by atoms with E-state index < -0.39 is 0 Å². The molecular formula is C17H28N4O. The SMILES string of the molecule is CCN(CC)C(N)=NCc1cccc(C(=O)NC(C)(C)C)c1. The average Bonchev–Trinajstić information content (AvgIpc) is 2.45. The molecule has 1 aromatic carbocycles.